The Morgan fingerprint density at radius 1 is 1.37 bits per heavy atom. The van der Waals surface area contributed by atoms with Crippen LogP contribution in [0.1, 0.15) is 19.4 Å². The van der Waals surface area contributed by atoms with Crippen molar-refractivity contribution in [1.29, 1.82) is 0 Å². The quantitative estimate of drug-likeness (QED) is 0.787. The number of hydrogen-bond acceptors (Lipinski definition) is 3. The van der Waals surface area contributed by atoms with E-state index in [1.807, 2.05) is 27.0 Å². The van der Waals surface area contributed by atoms with E-state index < -0.39 is 0 Å². The SMILES string of the molecule is CCNC(=O)CN(CC)c1ccc(CNC)cc1F. The molecule has 2 N–H and O–H groups in total. The van der Waals surface area contributed by atoms with Crippen molar-refractivity contribution in [3.05, 3.63) is 29.6 Å². The van der Waals surface area contributed by atoms with Gasteiger partial charge in [0.05, 0.1) is 12.2 Å². The first kappa shape index (κ1) is 15.4. The number of halogens is 1. The van der Waals surface area contributed by atoms with E-state index in [1.54, 1.807) is 11.0 Å². The lowest BCUT2D eigenvalue weighted by Gasteiger charge is -2.23. The number of carbonyl (C=O) groups excluding carboxylic acids is 1. The summed E-state index contributed by atoms with van der Waals surface area (Å²) in [6.07, 6.45) is 0. The molecule has 0 radical (unpaired) electrons. The van der Waals surface area contributed by atoms with E-state index in [2.05, 4.69) is 10.6 Å². The maximum atomic E-state index is 14.0. The molecule has 0 saturated carbocycles. The van der Waals surface area contributed by atoms with Crippen LogP contribution in [-0.2, 0) is 11.3 Å². The number of amides is 1. The zero-order chi connectivity index (χ0) is 14.3. The van der Waals surface area contributed by atoms with Gasteiger partial charge in [-0.25, -0.2) is 4.39 Å². The van der Waals surface area contributed by atoms with E-state index in [0.29, 0.717) is 25.3 Å². The predicted molar refractivity (Wildman–Crippen MR) is 75.7 cm³/mol. The summed E-state index contributed by atoms with van der Waals surface area (Å²) in [7, 11) is 1.82. The van der Waals surface area contributed by atoms with Crippen LogP contribution in [0.4, 0.5) is 10.1 Å². The average Bonchev–Trinajstić information content (AvgIpc) is 2.37. The van der Waals surface area contributed by atoms with Gasteiger partial charge in [0.2, 0.25) is 5.91 Å². The lowest BCUT2D eigenvalue weighted by atomic mass is 10.1. The lowest BCUT2D eigenvalue weighted by Crippen LogP contribution is -2.37. The van der Waals surface area contributed by atoms with Crippen molar-refractivity contribution < 1.29 is 9.18 Å². The Bertz CT molecular complexity index is 423. The van der Waals surface area contributed by atoms with Gasteiger partial charge < -0.3 is 15.5 Å². The Labute approximate surface area is 114 Å². The minimum absolute atomic E-state index is 0.0944. The summed E-state index contributed by atoms with van der Waals surface area (Å²) in [5.74, 6) is -0.387. The normalized spacial score (nSPS) is 10.3. The minimum Gasteiger partial charge on any atom is -0.360 e. The maximum absolute atomic E-state index is 14.0. The first-order chi connectivity index (χ1) is 9.12. The summed E-state index contributed by atoms with van der Waals surface area (Å²) >= 11 is 0. The summed E-state index contributed by atoms with van der Waals surface area (Å²) in [6.45, 7) is 5.73. The number of nitrogens with zero attached hydrogens (tertiary/aromatic N) is 1. The molecule has 0 aliphatic rings. The van der Waals surface area contributed by atoms with Crippen LogP contribution in [0.15, 0.2) is 18.2 Å². The number of rotatable bonds is 7. The number of benzene rings is 1. The molecule has 1 rings (SSSR count). The number of nitrogens with one attached hydrogen (secondary N) is 2. The molecule has 0 unspecified atom stereocenters. The molecule has 106 valence electrons. The van der Waals surface area contributed by atoms with Crippen LogP contribution in [0.5, 0.6) is 0 Å². The summed E-state index contributed by atoms with van der Waals surface area (Å²) in [6, 6.07) is 5.10. The van der Waals surface area contributed by atoms with Crippen molar-refractivity contribution in [3.8, 4) is 0 Å². The number of hydrogen-bond donors (Lipinski definition) is 2. The Morgan fingerprint density at radius 2 is 2.11 bits per heavy atom. The number of carbonyl (C=O) groups is 1. The summed E-state index contributed by atoms with van der Waals surface area (Å²) < 4.78 is 14.0. The molecular weight excluding hydrogens is 245 g/mol. The average molecular weight is 267 g/mol. The van der Waals surface area contributed by atoms with Crippen LogP contribution in [0.3, 0.4) is 0 Å². The predicted octanol–water partition coefficient (Wildman–Crippen LogP) is 1.51. The van der Waals surface area contributed by atoms with Crippen LogP contribution in [0.2, 0.25) is 0 Å². The molecular formula is C14H22FN3O. The van der Waals surface area contributed by atoms with Crippen molar-refractivity contribution in [2.75, 3.05) is 31.6 Å². The van der Waals surface area contributed by atoms with Crippen LogP contribution >= 0.6 is 0 Å². The standard InChI is InChI=1S/C14H22FN3O/c1-4-17-14(19)10-18(5-2)13-7-6-11(9-16-3)8-12(13)15/h6-8,16H,4-5,9-10H2,1-3H3,(H,17,19). The van der Waals surface area contributed by atoms with Gasteiger partial charge in [-0.2, -0.15) is 0 Å². The van der Waals surface area contributed by atoms with E-state index in [1.165, 1.54) is 6.07 Å². The largest absolute Gasteiger partial charge is 0.360 e. The first-order valence-corrected chi connectivity index (χ1v) is 6.57. The van der Waals surface area contributed by atoms with Gasteiger partial charge in [-0.1, -0.05) is 6.07 Å². The Kier molecular flexibility index (Phi) is 6.29. The van der Waals surface area contributed by atoms with Gasteiger partial charge in [-0.05, 0) is 38.6 Å². The van der Waals surface area contributed by atoms with Gasteiger partial charge in [-0.15, -0.1) is 0 Å². The smallest absolute Gasteiger partial charge is 0.239 e. The highest BCUT2D eigenvalue weighted by atomic mass is 19.1. The zero-order valence-electron chi connectivity index (χ0n) is 11.8. The van der Waals surface area contributed by atoms with Gasteiger partial charge in [0, 0.05) is 19.6 Å². The molecule has 1 amide bonds. The van der Waals surface area contributed by atoms with Crippen molar-refractivity contribution in [2.24, 2.45) is 0 Å². The fraction of sp³-hybridized carbons (Fsp3) is 0.500. The molecule has 1 aromatic rings. The van der Waals surface area contributed by atoms with Crippen molar-refractivity contribution in [1.82, 2.24) is 10.6 Å². The van der Waals surface area contributed by atoms with Gasteiger partial charge in [-0.3, -0.25) is 4.79 Å². The molecule has 19 heavy (non-hydrogen) atoms. The second-order valence-electron chi connectivity index (χ2n) is 4.28. The summed E-state index contributed by atoms with van der Waals surface area (Å²) in [5.41, 5.74) is 1.35. The highest BCUT2D eigenvalue weighted by Gasteiger charge is 2.13. The monoisotopic (exact) mass is 267 g/mol. The maximum Gasteiger partial charge on any atom is 0.239 e. The summed E-state index contributed by atoms with van der Waals surface area (Å²) in [5, 5.41) is 5.70. The van der Waals surface area contributed by atoms with Gasteiger partial charge in [0.1, 0.15) is 5.82 Å². The van der Waals surface area contributed by atoms with Crippen LogP contribution in [-0.4, -0.2) is 32.6 Å². The first-order valence-electron chi connectivity index (χ1n) is 6.57. The van der Waals surface area contributed by atoms with Gasteiger partial charge in [0.25, 0.3) is 0 Å². The molecule has 0 aliphatic carbocycles. The third-order valence-electron chi connectivity index (χ3n) is 2.82. The molecule has 0 heterocycles. The van der Waals surface area contributed by atoms with Crippen molar-refractivity contribution in [2.45, 2.75) is 20.4 Å². The number of anilines is 1. The fourth-order valence-electron chi connectivity index (χ4n) is 1.91. The van der Waals surface area contributed by atoms with Crippen LogP contribution < -0.4 is 15.5 Å². The van der Waals surface area contributed by atoms with Gasteiger partial charge in [0.15, 0.2) is 0 Å². The zero-order valence-corrected chi connectivity index (χ0v) is 11.8. The van der Waals surface area contributed by atoms with E-state index in [0.717, 1.165) is 5.56 Å². The van der Waals surface area contributed by atoms with Crippen molar-refractivity contribution in [3.63, 3.8) is 0 Å². The van der Waals surface area contributed by atoms with E-state index in [4.69, 9.17) is 0 Å². The van der Waals surface area contributed by atoms with E-state index >= 15 is 0 Å². The highest BCUT2D eigenvalue weighted by Crippen LogP contribution is 2.20. The molecule has 0 aromatic heterocycles. The Morgan fingerprint density at radius 3 is 2.63 bits per heavy atom. The Hall–Kier alpha value is -1.62. The minimum atomic E-state index is -0.293. The second kappa shape index (κ2) is 7.74. The van der Waals surface area contributed by atoms with Gasteiger partial charge >= 0.3 is 0 Å². The molecule has 1 aromatic carbocycles. The molecule has 0 aliphatic heterocycles. The fourth-order valence-corrected chi connectivity index (χ4v) is 1.91. The van der Waals surface area contributed by atoms with E-state index in [9.17, 15) is 9.18 Å². The van der Waals surface area contributed by atoms with Crippen molar-refractivity contribution >= 4 is 11.6 Å². The topological polar surface area (TPSA) is 44.4 Å². The highest BCUT2D eigenvalue weighted by molar-refractivity contribution is 5.81. The second-order valence-corrected chi connectivity index (χ2v) is 4.28. The third-order valence-corrected chi connectivity index (χ3v) is 2.82. The molecule has 5 heteroatoms. The third kappa shape index (κ3) is 4.52. The molecule has 0 bridgehead atoms. The molecule has 0 fully saturated rings. The Balaban J connectivity index is 2.83. The van der Waals surface area contributed by atoms with Crippen LogP contribution in [0, 0.1) is 5.82 Å². The van der Waals surface area contributed by atoms with E-state index in [-0.39, 0.29) is 18.3 Å². The lowest BCUT2D eigenvalue weighted by molar-refractivity contribution is -0.119. The molecule has 4 nitrogen and oxygen atoms in total. The van der Waals surface area contributed by atoms with Crippen LogP contribution in [0.25, 0.3) is 0 Å². The number of likely N-dealkylation sites (N-methyl/N-ethyl adjacent to an activating group) is 2. The molecule has 0 spiro atoms. The summed E-state index contributed by atoms with van der Waals surface area (Å²) in [4.78, 5) is 13.3. The molecule has 0 saturated heterocycles. The molecule has 0 atom stereocenters.